The van der Waals surface area contributed by atoms with Crippen LogP contribution in [0.15, 0.2) is 24.3 Å². The van der Waals surface area contributed by atoms with E-state index >= 15 is 0 Å². The molecule has 4 heteroatoms. The van der Waals surface area contributed by atoms with Gasteiger partial charge in [-0.2, -0.15) is 0 Å². The van der Waals surface area contributed by atoms with Crippen LogP contribution in [-0.2, 0) is 11.2 Å². The zero-order chi connectivity index (χ0) is 18.2. The van der Waals surface area contributed by atoms with Gasteiger partial charge < -0.3 is 10.6 Å². The van der Waals surface area contributed by atoms with Crippen molar-refractivity contribution in [3.05, 3.63) is 35.4 Å². The molecule has 1 amide bonds. The average Bonchev–Trinajstić information content (AvgIpc) is 2.64. The number of nitrogens with two attached hydrogens (primary N) is 1. The molecule has 1 heterocycles. The average molecular weight is 344 g/mol. The topological polar surface area (TPSA) is 63.4 Å². The van der Waals surface area contributed by atoms with Crippen molar-refractivity contribution in [2.75, 3.05) is 13.1 Å². The van der Waals surface area contributed by atoms with Gasteiger partial charge in [0.25, 0.3) is 0 Å². The van der Waals surface area contributed by atoms with Gasteiger partial charge in [0, 0.05) is 37.5 Å². The van der Waals surface area contributed by atoms with E-state index in [0.29, 0.717) is 17.9 Å². The van der Waals surface area contributed by atoms with Crippen molar-refractivity contribution >= 4 is 11.7 Å². The Morgan fingerprint density at radius 2 is 1.96 bits per heavy atom. The van der Waals surface area contributed by atoms with E-state index in [2.05, 4.69) is 6.92 Å². The number of amides is 1. The highest BCUT2D eigenvalue weighted by molar-refractivity contribution is 5.98. The largest absolute Gasteiger partial charge is 0.342 e. The van der Waals surface area contributed by atoms with Crippen LogP contribution in [0.5, 0.6) is 0 Å². The van der Waals surface area contributed by atoms with E-state index in [-0.39, 0.29) is 24.2 Å². The van der Waals surface area contributed by atoms with E-state index in [0.717, 1.165) is 32.4 Å². The summed E-state index contributed by atoms with van der Waals surface area (Å²) in [6.45, 7) is 5.71. The van der Waals surface area contributed by atoms with Crippen LogP contribution in [0.2, 0.25) is 0 Å². The van der Waals surface area contributed by atoms with Crippen LogP contribution in [-0.4, -0.2) is 35.7 Å². The maximum absolute atomic E-state index is 12.4. The number of benzene rings is 1. The number of ketones is 1. The SMILES string of the molecule is CCCCc1ccc(C(=O)CCC(=O)N2CCCC(C(C)N)C2)cc1. The Morgan fingerprint density at radius 1 is 1.24 bits per heavy atom. The highest BCUT2D eigenvalue weighted by atomic mass is 16.2. The number of carbonyl (C=O) groups is 2. The maximum Gasteiger partial charge on any atom is 0.223 e. The third kappa shape index (κ3) is 5.96. The summed E-state index contributed by atoms with van der Waals surface area (Å²) in [7, 11) is 0. The number of carbonyl (C=O) groups excluding carboxylic acids is 2. The second-order valence-corrected chi connectivity index (χ2v) is 7.32. The molecule has 0 radical (unpaired) electrons. The van der Waals surface area contributed by atoms with E-state index in [1.807, 2.05) is 36.1 Å². The minimum atomic E-state index is 0.0520. The lowest BCUT2D eigenvalue weighted by Gasteiger charge is -2.34. The third-order valence-electron chi connectivity index (χ3n) is 5.21. The summed E-state index contributed by atoms with van der Waals surface area (Å²) < 4.78 is 0. The first-order chi connectivity index (χ1) is 12.0. The standard InChI is InChI=1S/C21H32N2O2/c1-3-4-6-17-8-10-18(11-9-17)20(24)12-13-21(25)23-14-5-7-19(15-23)16(2)22/h8-11,16,19H,3-7,12-15,22H2,1-2H3. The molecule has 2 rings (SSSR count). The second kappa shape index (κ2) is 9.71. The van der Waals surface area contributed by atoms with Gasteiger partial charge in [0.2, 0.25) is 5.91 Å². The van der Waals surface area contributed by atoms with Gasteiger partial charge >= 0.3 is 0 Å². The number of likely N-dealkylation sites (tertiary alicyclic amines) is 1. The molecule has 2 atom stereocenters. The summed E-state index contributed by atoms with van der Waals surface area (Å²) in [6.07, 6.45) is 6.06. The Hall–Kier alpha value is -1.68. The molecule has 0 aromatic heterocycles. The molecule has 1 aliphatic rings. The van der Waals surface area contributed by atoms with E-state index in [4.69, 9.17) is 5.73 Å². The molecular formula is C21H32N2O2. The van der Waals surface area contributed by atoms with Gasteiger partial charge in [0.1, 0.15) is 0 Å². The van der Waals surface area contributed by atoms with E-state index in [9.17, 15) is 9.59 Å². The van der Waals surface area contributed by atoms with Crippen molar-refractivity contribution in [1.29, 1.82) is 0 Å². The summed E-state index contributed by atoms with van der Waals surface area (Å²) in [6, 6.07) is 7.96. The molecule has 25 heavy (non-hydrogen) atoms. The third-order valence-corrected chi connectivity index (χ3v) is 5.21. The van der Waals surface area contributed by atoms with Crippen molar-refractivity contribution in [2.45, 2.75) is 64.8 Å². The van der Waals surface area contributed by atoms with Crippen LogP contribution in [0.1, 0.15) is 68.3 Å². The van der Waals surface area contributed by atoms with Gasteiger partial charge in [-0.15, -0.1) is 0 Å². The molecule has 0 saturated carbocycles. The van der Waals surface area contributed by atoms with Crippen molar-refractivity contribution in [3.63, 3.8) is 0 Å². The molecule has 0 bridgehead atoms. The van der Waals surface area contributed by atoms with Gasteiger partial charge in [-0.1, -0.05) is 37.6 Å². The van der Waals surface area contributed by atoms with Crippen LogP contribution in [0.25, 0.3) is 0 Å². The monoisotopic (exact) mass is 344 g/mol. The summed E-state index contributed by atoms with van der Waals surface area (Å²) in [5, 5.41) is 0. The quantitative estimate of drug-likeness (QED) is 0.733. The van der Waals surface area contributed by atoms with Crippen LogP contribution in [0.3, 0.4) is 0 Å². The van der Waals surface area contributed by atoms with Gasteiger partial charge in [-0.05, 0) is 44.1 Å². The molecule has 4 nitrogen and oxygen atoms in total. The minimum Gasteiger partial charge on any atom is -0.342 e. The number of Topliss-reactive ketones (excluding diaryl/α,β-unsaturated/α-hetero) is 1. The smallest absolute Gasteiger partial charge is 0.223 e. The first-order valence-electron chi connectivity index (χ1n) is 9.66. The molecule has 1 aromatic rings. The maximum atomic E-state index is 12.4. The normalized spacial score (nSPS) is 18.8. The lowest BCUT2D eigenvalue weighted by Crippen LogP contribution is -2.45. The first kappa shape index (κ1) is 19.6. The summed E-state index contributed by atoms with van der Waals surface area (Å²) in [4.78, 5) is 26.6. The zero-order valence-corrected chi connectivity index (χ0v) is 15.7. The fourth-order valence-electron chi connectivity index (χ4n) is 3.43. The Labute approximate surface area is 151 Å². The van der Waals surface area contributed by atoms with Crippen LogP contribution in [0, 0.1) is 5.92 Å². The molecule has 2 unspecified atom stereocenters. The molecule has 0 aliphatic carbocycles. The van der Waals surface area contributed by atoms with Gasteiger partial charge in [0.15, 0.2) is 5.78 Å². The van der Waals surface area contributed by atoms with Crippen molar-refractivity contribution in [1.82, 2.24) is 4.90 Å². The van der Waals surface area contributed by atoms with Crippen LogP contribution < -0.4 is 5.73 Å². The number of hydrogen-bond donors (Lipinski definition) is 1. The van der Waals surface area contributed by atoms with Crippen LogP contribution >= 0.6 is 0 Å². The minimum absolute atomic E-state index is 0.0520. The molecule has 138 valence electrons. The number of nitrogens with zero attached hydrogens (tertiary/aromatic N) is 1. The fourth-order valence-corrected chi connectivity index (χ4v) is 3.43. The van der Waals surface area contributed by atoms with Crippen molar-refractivity contribution in [2.24, 2.45) is 11.7 Å². The van der Waals surface area contributed by atoms with E-state index < -0.39 is 0 Å². The Balaban J connectivity index is 1.81. The lowest BCUT2D eigenvalue weighted by molar-refractivity contribution is -0.133. The van der Waals surface area contributed by atoms with Gasteiger partial charge in [0.05, 0.1) is 0 Å². The molecule has 2 N–H and O–H groups in total. The molecular weight excluding hydrogens is 312 g/mol. The molecule has 1 aliphatic heterocycles. The fraction of sp³-hybridized carbons (Fsp3) is 0.619. The lowest BCUT2D eigenvalue weighted by atomic mass is 9.92. The second-order valence-electron chi connectivity index (χ2n) is 7.32. The van der Waals surface area contributed by atoms with Crippen molar-refractivity contribution in [3.8, 4) is 0 Å². The predicted octanol–water partition coefficient (Wildman–Crippen LogP) is 3.58. The van der Waals surface area contributed by atoms with E-state index in [1.165, 1.54) is 18.4 Å². The first-order valence-corrected chi connectivity index (χ1v) is 9.66. The Kier molecular flexibility index (Phi) is 7.63. The number of unbranched alkanes of at least 4 members (excludes halogenated alkanes) is 1. The number of piperidine rings is 1. The molecule has 1 fully saturated rings. The zero-order valence-electron chi connectivity index (χ0n) is 15.7. The number of aryl methyl sites for hydroxylation is 1. The number of rotatable bonds is 8. The highest BCUT2D eigenvalue weighted by Gasteiger charge is 2.25. The predicted molar refractivity (Wildman–Crippen MR) is 102 cm³/mol. The Morgan fingerprint density at radius 3 is 2.60 bits per heavy atom. The van der Waals surface area contributed by atoms with Crippen molar-refractivity contribution < 1.29 is 9.59 Å². The highest BCUT2D eigenvalue weighted by Crippen LogP contribution is 2.20. The van der Waals surface area contributed by atoms with Crippen LogP contribution in [0.4, 0.5) is 0 Å². The number of hydrogen-bond acceptors (Lipinski definition) is 3. The molecule has 1 aromatic carbocycles. The molecule has 0 spiro atoms. The van der Waals surface area contributed by atoms with Gasteiger partial charge in [-0.25, -0.2) is 0 Å². The Bertz CT molecular complexity index is 566. The van der Waals surface area contributed by atoms with E-state index in [1.54, 1.807) is 0 Å². The summed E-state index contributed by atoms with van der Waals surface area (Å²) in [5.74, 6) is 0.512. The molecule has 1 saturated heterocycles. The summed E-state index contributed by atoms with van der Waals surface area (Å²) in [5.41, 5.74) is 7.95. The van der Waals surface area contributed by atoms with Gasteiger partial charge in [-0.3, -0.25) is 9.59 Å². The summed E-state index contributed by atoms with van der Waals surface area (Å²) >= 11 is 0.